The number of alkyl halides is 3. The summed E-state index contributed by atoms with van der Waals surface area (Å²) in [5.74, 6) is -0.803. The van der Waals surface area contributed by atoms with Gasteiger partial charge in [0.05, 0.1) is 12.6 Å². The molecular weight excluding hydrogens is 407 g/mol. The third-order valence-electron chi connectivity index (χ3n) is 6.31. The molecule has 0 aromatic rings. The highest BCUT2D eigenvalue weighted by Crippen LogP contribution is 2.49. The number of halogens is 3. The Morgan fingerprint density at radius 1 is 1.40 bits per heavy atom. The Balaban J connectivity index is 1.60. The van der Waals surface area contributed by atoms with Gasteiger partial charge in [0.2, 0.25) is 0 Å². The van der Waals surface area contributed by atoms with Crippen molar-refractivity contribution >= 4 is 11.9 Å². The van der Waals surface area contributed by atoms with Crippen LogP contribution in [-0.4, -0.2) is 74.9 Å². The topological polar surface area (TPSA) is 121 Å². The Bertz CT molecular complexity index is 884. The van der Waals surface area contributed by atoms with E-state index < -0.39 is 41.1 Å². The van der Waals surface area contributed by atoms with Gasteiger partial charge in [0.25, 0.3) is 0 Å². The molecule has 3 aliphatic heterocycles. The van der Waals surface area contributed by atoms with Crippen molar-refractivity contribution in [2.75, 3.05) is 13.1 Å². The van der Waals surface area contributed by atoms with Gasteiger partial charge in [0, 0.05) is 17.7 Å². The summed E-state index contributed by atoms with van der Waals surface area (Å²) in [6, 6.07) is -0.575. The third kappa shape index (κ3) is 2.63. The number of ether oxygens (including phenoxy) is 1. The fourth-order valence-electron chi connectivity index (χ4n) is 4.73. The van der Waals surface area contributed by atoms with Crippen LogP contribution in [0.3, 0.4) is 0 Å². The molecule has 1 aliphatic carbocycles. The summed E-state index contributed by atoms with van der Waals surface area (Å²) < 4.78 is 43.8. The highest BCUT2D eigenvalue weighted by Gasteiger charge is 2.74. The third-order valence-corrected chi connectivity index (χ3v) is 6.31. The maximum Gasteiger partial charge on any atom is 0.412 e. The molecule has 4 rings (SSSR count). The predicted octanol–water partition coefficient (Wildman–Crippen LogP) is 0.542. The summed E-state index contributed by atoms with van der Waals surface area (Å²) in [6.07, 6.45) is -4.17. The molecule has 3 saturated heterocycles. The van der Waals surface area contributed by atoms with Crippen LogP contribution in [-0.2, 0) is 9.53 Å². The van der Waals surface area contributed by atoms with Gasteiger partial charge >= 0.3 is 12.1 Å². The number of hydrogen-bond donors (Lipinski definition) is 5. The molecule has 4 atom stereocenters. The maximum atomic E-state index is 12.8. The van der Waals surface area contributed by atoms with Gasteiger partial charge in [-0.05, 0) is 19.8 Å². The molecule has 3 fully saturated rings. The number of nitrogens with one attached hydrogen (secondary N) is 3. The van der Waals surface area contributed by atoms with Crippen molar-refractivity contribution in [2.24, 2.45) is 0 Å². The summed E-state index contributed by atoms with van der Waals surface area (Å²) in [5, 5.41) is 36.8. The van der Waals surface area contributed by atoms with Crippen molar-refractivity contribution in [1.29, 1.82) is 5.41 Å². The molecule has 0 aromatic heterocycles. The maximum absolute atomic E-state index is 12.8. The molecule has 3 heterocycles. The van der Waals surface area contributed by atoms with Crippen molar-refractivity contribution in [3.05, 3.63) is 35.7 Å². The Morgan fingerprint density at radius 3 is 2.70 bits per heavy atom. The van der Waals surface area contributed by atoms with Gasteiger partial charge in [0.1, 0.15) is 11.4 Å². The number of aliphatic hydroxyl groups is 1. The first-order valence-electron chi connectivity index (χ1n) is 9.35. The van der Waals surface area contributed by atoms with Gasteiger partial charge in [-0.3, -0.25) is 10.6 Å². The number of esters is 1. The first-order valence-corrected chi connectivity index (χ1v) is 9.35. The molecular formula is C18H22F3N5O4. The van der Waals surface area contributed by atoms with Crippen molar-refractivity contribution in [3.63, 3.8) is 0 Å². The zero-order chi connectivity index (χ0) is 22.1. The van der Waals surface area contributed by atoms with E-state index in [-0.39, 0.29) is 43.3 Å². The monoisotopic (exact) mass is 429 g/mol. The lowest BCUT2D eigenvalue weighted by Gasteiger charge is -2.51. The molecule has 2 unspecified atom stereocenters. The van der Waals surface area contributed by atoms with Crippen molar-refractivity contribution < 1.29 is 33.0 Å². The zero-order valence-corrected chi connectivity index (χ0v) is 16.1. The molecule has 12 heteroatoms. The van der Waals surface area contributed by atoms with Crippen molar-refractivity contribution in [1.82, 2.24) is 20.6 Å². The Morgan fingerprint density at radius 2 is 2.10 bits per heavy atom. The minimum Gasteiger partial charge on any atom is -0.454 e. The second-order valence-electron chi connectivity index (χ2n) is 7.94. The van der Waals surface area contributed by atoms with Crippen LogP contribution in [0.2, 0.25) is 0 Å². The quantitative estimate of drug-likeness (QED) is 0.404. The van der Waals surface area contributed by atoms with Gasteiger partial charge in [-0.15, -0.1) is 0 Å². The Labute approximate surface area is 169 Å². The summed E-state index contributed by atoms with van der Waals surface area (Å²) in [5.41, 5.74) is -4.05. The number of guanidine groups is 1. The largest absolute Gasteiger partial charge is 0.454 e. The van der Waals surface area contributed by atoms with Crippen LogP contribution in [0.1, 0.15) is 19.8 Å². The van der Waals surface area contributed by atoms with Gasteiger partial charge < -0.3 is 25.4 Å². The fraction of sp³-hybridized carbons (Fsp3) is 0.556. The Kier molecular flexibility index (Phi) is 4.37. The van der Waals surface area contributed by atoms with Gasteiger partial charge in [-0.25, -0.2) is 9.86 Å². The molecule has 1 spiro atoms. The second kappa shape index (κ2) is 6.38. The van der Waals surface area contributed by atoms with Gasteiger partial charge in [-0.1, -0.05) is 18.7 Å². The summed E-state index contributed by atoms with van der Waals surface area (Å²) >= 11 is 0. The predicted molar refractivity (Wildman–Crippen MR) is 96.8 cm³/mol. The summed E-state index contributed by atoms with van der Waals surface area (Å²) in [7, 11) is 0. The molecule has 30 heavy (non-hydrogen) atoms. The average molecular weight is 429 g/mol. The van der Waals surface area contributed by atoms with E-state index in [0.29, 0.717) is 0 Å². The first-order chi connectivity index (χ1) is 13.9. The van der Waals surface area contributed by atoms with Crippen LogP contribution in [0.5, 0.6) is 0 Å². The summed E-state index contributed by atoms with van der Waals surface area (Å²) in [6.45, 7) is 5.19. The van der Waals surface area contributed by atoms with Crippen LogP contribution < -0.4 is 10.6 Å². The number of hydrogen-bond acceptors (Lipinski definition) is 7. The van der Waals surface area contributed by atoms with E-state index in [4.69, 9.17) is 10.1 Å². The normalized spacial score (nSPS) is 35.8. The molecule has 4 aliphatic rings. The lowest BCUT2D eigenvalue weighted by atomic mass is 9.82. The molecule has 164 valence electrons. The van der Waals surface area contributed by atoms with Crippen LogP contribution in [0, 0.1) is 5.41 Å². The standard InChI is InChI=1S/C18H22F3N5O4/c1-9-24-12-7-23-15(22)25-8-13(16(2,28)17(12,25)26(9)29)30-14(27)10-3-5-11(6-4-10)18(19,20)21/h3,5,12-13,24,28-29H,1,4,6-8H2,2H3,(H2,22,23)/t12?,13-,16-,17?/m0/s1. The van der Waals surface area contributed by atoms with Crippen molar-refractivity contribution in [2.45, 2.75) is 49.4 Å². The van der Waals surface area contributed by atoms with Crippen LogP contribution in [0.15, 0.2) is 35.7 Å². The lowest BCUT2D eigenvalue weighted by molar-refractivity contribution is -0.240. The smallest absolute Gasteiger partial charge is 0.412 e. The summed E-state index contributed by atoms with van der Waals surface area (Å²) in [4.78, 5) is 14.0. The molecule has 0 aromatic carbocycles. The van der Waals surface area contributed by atoms with E-state index in [1.54, 1.807) is 0 Å². The second-order valence-corrected chi connectivity index (χ2v) is 7.94. The zero-order valence-electron chi connectivity index (χ0n) is 16.1. The van der Waals surface area contributed by atoms with E-state index in [9.17, 15) is 28.3 Å². The van der Waals surface area contributed by atoms with Crippen LogP contribution >= 0.6 is 0 Å². The van der Waals surface area contributed by atoms with Gasteiger partial charge in [0.15, 0.2) is 17.7 Å². The average Bonchev–Trinajstić information content (AvgIpc) is 3.07. The molecule has 0 radical (unpaired) electrons. The van der Waals surface area contributed by atoms with E-state index in [0.717, 1.165) is 17.2 Å². The van der Waals surface area contributed by atoms with Gasteiger partial charge in [-0.2, -0.15) is 13.2 Å². The minimum absolute atomic E-state index is 0.0562. The molecule has 0 bridgehead atoms. The molecule has 0 saturated carbocycles. The highest BCUT2D eigenvalue weighted by atomic mass is 19.4. The minimum atomic E-state index is -4.45. The van der Waals surface area contributed by atoms with E-state index >= 15 is 0 Å². The Hall–Kier alpha value is -2.73. The van der Waals surface area contributed by atoms with Crippen molar-refractivity contribution in [3.8, 4) is 0 Å². The number of carbonyl (C=O) groups is 1. The van der Waals surface area contributed by atoms with E-state index in [2.05, 4.69) is 17.2 Å². The van der Waals surface area contributed by atoms with Crippen LogP contribution in [0.25, 0.3) is 0 Å². The molecule has 0 amide bonds. The first kappa shape index (κ1) is 20.5. The number of allylic oxidation sites excluding steroid dienone is 3. The highest BCUT2D eigenvalue weighted by molar-refractivity contribution is 5.89. The number of carbonyl (C=O) groups excluding carboxylic acids is 1. The van der Waals surface area contributed by atoms with Crippen LogP contribution in [0.4, 0.5) is 13.2 Å². The number of nitrogens with zero attached hydrogens (tertiary/aromatic N) is 2. The molecule has 9 nitrogen and oxygen atoms in total. The number of rotatable bonds is 2. The molecule has 5 N–H and O–H groups in total. The van der Waals surface area contributed by atoms with E-state index in [1.807, 2.05) is 0 Å². The fourth-order valence-corrected chi connectivity index (χ4v) is 4.73. The van der Waals surface area contributed by atoms with E-state index in [1.165, 1.54) is 11.8 Å². The number of hydroxylamine groups is 2. The SMILES string of the molecule is C=C1NC2CNC(=N)N3C[C@H](OC(=O)C4=CC=C(C(F)(F)F)CC4)[C@](C)(O)C23N1O. The lowest BCUT2D eigenvalue weighted by Crippen LogP contribution is -2.77.